The molecule has 0 bridgehead atoms. The molecule has 6 heteroatoms. The maximum atomic E-state index is 13.2. The van der Waals surface area contributed by atoms with Gasteiger partial charge in [-0.05, 0) is 53.4 Å². The molecule has 33 heavy (non-hydrogen) atoms. The van der Waals surface area contributed by atoms with Crippen molar-refractivity contribution in [3.63, 3.8) is 0 Å². The third-order valence-corrected chi connectivity index (χ3v) is 5.96. The van der Waals surface area contributed by atoms with Gasteiger partial charge < -0.3 is 10.0 Å². The van der Waals surface area contributed by atoms with Gasteiger partial charge in [0.05, 0.1) is 11.6 Å². The van der Waals surface area contributed by atoms with Gasteiger partial charge in [0, 0.05) is 43.4 Å². The van der Waals surface area contributed by atoms with Crippen LogP contribution in [0.4, 0.5) is 11.4 Å². The average Bonchev–Trinajstić information content (AvgIpc) is 3.09. The lowest BCUT2D eigenvalue weighted by Crippen LogP contribution is -2.29. The Hall–Kier alpha value is -3.93. The Balaban J connectivity index is 1.89. The van der Waals surface area contributed by atoms with Crippen LogP contribution in [0.2, 0.25) is 0 Å². The molecule has 6 nitrogen and oxygen atoms in total. The summed E-state index contributed by atoms with van der Waals surface area (Å²) in [6.45, 7) is 4.22. The van der Waals surface area contributed by atoms with E-state index in [0.717, 1.165) is 16.8 Å². The number of benzene rings is 2. The third kappa shape index (κ3) is 4.12. The number of amides is 1. The normalized spacial score (nSPS) is 17.6. The first-order valence-corrected chi connectivity index (χ1v) is 10.9. The van der Waals surface area contributed by atoms with Crippen molar-refractivity contribution >= 4 is 28.8 Å². The van der Waals surface area contributed by atoms with Gasteiger partial charge in [0.25, 0.3) is 11.7 Å². The first kappa shape index (κ1) is 22.3. The molecule has 1 aromatic heterocycles. The highest BCUT2D eigenvalue weighted by atomic mass is 16.3. The lowest BCUT2D eigenvalue weighted by Gasteiger charge is -2.26. The van der Waals surface area contributed by atoms with Crippen LogP contribution in [-0.4, -0.2) is 35.9 Å². The number of carbonyl (C=O) groups excluding carboxylic acids is 2. The van der Waals surface area contributed by atoms with Crippen LogP contribution in [0.25, 0.3) is 5.76 Å². The molecule has 1 amide bonds. The SMILES string of the molecule is CC(C)c1ccc(C2/C(=C(\O)c3ccncc3)C(=O)C(=O)N2c2ccc(N(C)C)cc2)cc1. The van der Waals surface area contributed by atoms with E-state index >= 15 is 0 Å². The highest BCUT2D eigenvalue weighted by Crippen LogP contribution is 2.42. The second-order valence-corrected chi connectivity index (χ2v) is 8.64. The van der Waals surface area contributed by atoms with Gasteiger partial charge >= 0.3 is 0 Å². The average molecular weight is 442 g/mol. The Bertz CT molecular complexity index is 1200. The Morgan fingerprint density at radius 1 is 0.939 bits per heavy atom. The Labute approximate surface area is 193 Å². The van der Waals surface area contributed by atoms with Crippen molar-refractivity contribution in [1.29, 1.82) is 0 Å². The summed E-state index contributed by atoms with van der Waals surface area (Å²) >= 11 is 0. The smallest absolute Gasteiger partial charge is 0.300 e. The molecular formula is C27H27N3O3. The van der Waals surface area contributed by atoms with Crippen molar-refractivity contribution in [2.75, 3.05) is 23.9 Å². The summed E-state index contributed by atoms with van der Waals surface area (Å²) in [5.41, 5.74) is 3.99. The number of aliphatic hydroxyl groups is 1. The molecule has 1 N–H and O–H groups in total. The molecule has 1 aliphatic heterocycles. The summed E-state index contributed by atoms with van der Waals surface area (Å²) in [5.74, 6) is -1.23. The first-order valence-electron chi connectivity index (χ1n) is 10.9. The van der Waals surface area contributed by atoms with E-state index in [0.29, 0.717) is 17.2 Å². The number of anilines is 2. The number of aliphatic hydroxyl groups excluding tert-OH is 1. The highest BCUT2D eigenvalue weighted by molar-refractivity contribution is 6.51. The van der Waals surface area contributed by atoms with E-state index in [4.69, 9.17) is 0 Å². The molecule has 2 heterocycles. The largest absolute Gasteiger partial charge is 0.507 e. The summed E-state index contributed by atoms with van der Waals surface area (Å²) < 4.78 is 0. The molecular weight excluding hydrogens is 414 g/mol. The number of hydrogen-bond donors (Lipinski definition) is 1. The number of hydrogen-bond acceptors (Lipinski definition) is 5. The molecule has 2 aromatic carbocycles. The summed E-state index contributed by atoms with van der Waals surface area (Å²) in [6.07, 6.45) is 3.08. The van der Waals surface area contributed by atoms with Crippen LogP contribution in [0.3, 0.4) is 0 Å². The van der Waals surface area contributed by atoms with Crippen LogP contribution in [0.1, 0.15) is 42.5 Å². The zero-order chi connectivity index (χ0) is 23.7. The number of rotatable bonds is 5. The lowest BCUT2D eigenvalue weighted by molar-refractivity contribution is -0.132. The number of pyridine rings is 1. The van der Waals surface area contributed by atoms with Crippen LogP contribution in [0, 0.1) is 0 Å². The Kier molecular flexibility index (Phi) is 6.01. The van der Waals surface area contributed by atoms with Crippen LogP contribution in [0.5, 0.6) is 0 Å². The molecule has 0 aliphatic carbocycles. The van der Waals surface area contributed by atoms with E-state index in [1.165, 1.54) is 17.3 Å². The molecule has 3 aromatic rings. The van der Waals surface area contributed by atoms with Crippen molar-refractivity contribution in [2.24, 2.45) is 0 Å². The zero-order valence-electron chi connectivity index (χ0n) is 19.2. The predicted octanol–water partition coefficient (Wildman–Crippen LogP) is 4.90. The number of nitrogens with zero attached hydrogens (tertiary/aromatic N) is 3. The van der Waals surface area contributed by atoms with Gasteiger partial charge in [-0.1, -0.05) is 38.1 Å². The van der Waals surface area contributed by atoms with Gasteiger partial charge in [-0.15, -0.1) is 0 Å². The topological polar surface area (TPSA) is 73.7 Å². The third-order valence-electron chi connectivity index (χ3n) is 5.96. The van der Waals surface area contributed by atoms with Crippen LogP contribution in [0.15, 0.2) is 78.6 Å². The molecule has 1 aliphatic rings. The van der Waals surface area contributed by atoms with Crippen molar-refractivity contribution in [3.8, 4) is 0 Å². The number of carbonyl (C=O) groups is 2. The van der Waals surface area contributed by atoms with E-state index in [2.05, 4.69) is 18.8 Å². The molecule has 1 unspecified atom stereocenters. The first-order chi connectivity index (χ1) is 15.8. The summed E-state index contributed by atoms with van der Waals surface area (Å²) in [4.78, 5) is 33.9. The minimum atomic E-state index is -0.746. The van der Waals surface area contributed by atoms with E-state index in [9.17, 15) is 14.7 Å². The van der Waals surface area contributed by atoms with Crippen molar-refractivity contribution in [1.82, 2.24) is 4.98 Å². The summed E-state index contributed by atoms with van der Waals surface area (Å²) in [5, 5.41) is 11.1. The maximum Gasteiger partial charge on any atom is 0.300 e. The van der Waals surface area contributed by atoms with Gasteiger partial charge in [0.2, 0.25) is 0 Å². The number of ketones is 1. The molecule has 1 atom stereocenters. The summed E-state index contributed by atoms with van der Waals surface area (Å²) in [6, 6.07) is 17.8. The van der Waals surface area contributed by atoms with Crippen molar-refractivity contribution < 1.29 is 14.7 Å². The molecule has 0 spiro atoms. The van der Waals surface area contributed by atoms with E-state index in [1.807, 2.05) is 67.5 Å². The van der Waals surface area contributed by atoms with Crippen LogP contribution in [-0.2, 0) is 9.59 Å². The van der Waals surface area contributed by atoms with Gasteiger partial charge in [-0.3, -0.25) is 19.5 Å². The Morgan fingerprint density at radius 3 is 2.09 bits per heavy atom. The molecule has 1 fully saturated rings. The predicted molar refractivity (Wildman–Crippen MR) is 130 cm³/mol. The maximum absolute atomic E-state index is 13.2. The fraction of sp³-hybridized carbons (Fsp3) is 0.222. The van der Waals surface area contributed by atoms with Gasteiger partial charge in [0.15, 0.2) is 0 Å². The fourth-order valence-corrected chi connectivity index (χ4v) is 4.05. The monoisotopic (exact) mass is 441 g/mol. The molecule has 0 saturated carbocycles. The number of Topliss-reactive ketones (excluding diaryl/α,β-unsaturated/α-hetero) is 1. The molecule has 1 saturated heterocycles. The van der Waals surface area contributed by atoms with E-state index in [1.54, 1.807) is 12.1 Å². The summed E-state index contributed by atoms with van der Waals surface area (Å²) in [7, 11) is 3.87. The van der Waals surface area contributed by atoms with Gasteiger partial charge in [0.1, 0.15) is 5.76 Å². The highest BCUT2D eigenvalue weighted by Gasteiger charge is 2.46. The van der Waals surface area contributed by atoms with E-state index in [-0.39, 0.29) is 11.3 Å². The fourth-order valence-electron chi connectivity index (χ4n) is 4.05. The Morgan fingerprint density at radius 2 is 1.55 bits per heavy atom. The zero-order valence-corrected chi connectivity index (χ0v) is 19.2. The second kappa shape index (κ2) is 8.90. The van der Waals surface area contributed by atoms with Crippen LogP contribution < -0.4 is 9.80 Å². The van der Waals surface area contributed by atoms with Crippen LogP contribution >= 0.6 is 0 Å². The standard InChI is InChI=1S/C27H27N3O3/c1-17(2)18-5-7-19(8-6-18)24-23(25(31)20-13-15-28-16-14-20)26(32)27(33)30(24)22-11-9-21(10-12-22)29(3)4/h5-17,24,31H,1-4H3/b25-23+. The minimum Gasteiger partial charge on any atom is -0.507 e. The molecule has 168 valence electrons. The molecule has 4 rings (SSSR count). The van der Waals surface area contributed by atoms with Gasteiger partial charge in [-0.2, -0.15) is 0 Å². The van der Waals surface area contributed by atoms with Crippen molar-refractivity contribution in [3.05, 3.63) is 95.3 Å². The molecule has 0 radical (unpaired) electrons. The van der Waals surface area contributed by atoms with Gasteiger partial charge in [-0.25, -0.2) is 0 Å². The second-order valence-electron chi connectivity index (χ2n) is 8.64. The van der Waals surface area contributed by atoms with E-state index < -0.39 is 17.7 Å². The lowest BCUT2D eigenvalue weighted by atomic mass is 9.93. The number of aromatic nitrogens is 1. The van der Waals surface area contributed by atoms with Crippen molar-refractivity contribution in [2.45, 2.75) is 25.8 Å². The minimum absolute atomic E-state index is 0.0696. The quantitative estimate of drug-likeness (QED) is 0.346.